The number of rotatable bonds is 2. The highest BCUT2D eigenvalue weighted by molar-refractivity contribution is 5.84. The van der Waals surface area contributed by atoms with E-state index in [2.05, 4.69) is 17.4 Å². The van der Waals surface area contributed by atoms with Gasteiger partial charge in [0.15, 0.2) is 0 Å². The van der Waals surface area contributed by atoms with Crippen LogP contribution in [0.4, 0.5) is 10.5 Å². The Labute approximate surface area is 127 Å². The summed E-state index contributed by atoms with van der Waals surface area (Å²) >= 11 is 0. The minimum atomic E-state index is -0.481. The van der Waals surface area contributed by atoms with E-state index in [0.29, 0.717) is 12.0 Å². The van der Waals surface area contributed by atoms with Crippen molar-refractivity contribution in [3.05, 3.63) is 29.8 Å². The van der Waals surface area contributed by atoms with Crippen LogP contribution >= 0.6 is 0 Å². The van der Waals surface area contributed by atoms with Crippen LogP contribution in [-0.2, 0) is 4.74 Å². The van der Waals surface area contributed by atoms with Crippen molar-refractivity contribution in [1.29, 1.82) is 0 Å². The summed E-state index contributed by atoms with van der Waals surface area (Å²) in [5.41, 5.74) is 7.56. The third kappa shape index (κ3) is 5.05. The number of hydrogen-bond donors (Lipinski definition) is 2. The van der Waals surface area contributed by atoms with E-state index in [-0.39, 0.29) is 0 Å². The van der Waals surface area contributed by atoms with Crippen LogP contribution in [0.5, 0.6) is 0 Å². The lowest BCUT2D eigenvalue weighted by atomic mass is 9.82. The third-order valence-corrected chi connectivity index (χ3v) is 3.80. The number of carbonyl (C=O) groups excluding carboxylic acids is 1. The van der Waals surface area contributed by atoms with E-state index >= 15 is 0 Å². The van der Waals surface area contributed by atoms with Crippen LogP contribution in [0, 0.1) is 0 Å². The minimum Gasteiger partial charge on any atom is -0.444 e. The molecule has 0 saturated heterocycles. The van der Waals surface area contributed by atoms with Crippen LogP contribution in [0.1, 0.15) is 57.9 Å². The zero-order valence-corrected chi connectivity index (χ0v) is 13.2. The Morgan fingerprint density at radius 2 is 1.71 bits per heavy atom. The molecule has 1 aromatic rings. The second-order valence-corrected chi connectivity index (χ2v) is 6.86. The molecule has 4 nitrogen and oxygen atoms in total. The predicted molar refractivity (Wildman–Crippen MR) is 85.5 cm³/mol. The van der Waals surface area contributed by atoms with Crippen molar-refractivity contribution in [1.82, 2.24) is 0 Å². The number of ether oxygens (including phenoxy) is 1. The van der Waals surface area contributed by atoms with Gasteiger partial charge in [0.05, 0.1) is 0 Å². The number of anilines is 1. The number of benzene rings is 1. The summed E-state index contributed by atoms with van der Waals surface area (Å²) in [6, 6.07) is 8.43. The third-order valence-electron chi connectivity index (χ3n) is 3.80. The number of nitrogens with two attached hydrogens (primary N) is 1. The molecular weight excluding hydrogens is 264 g/mol. The smallest absolute Gasteiger partial charge is 0.412 e. The van der Waals surface area contributed by atoms with Gasteiger partial charge in [-0.25, -0.2) is 4.79 Å². The van der Waals surface area contributed by atoms with Crippen LogP contribution in [0.15, 0.2) is 24.3 Å². The highest BCUT2D eigenvalue weighted by atomic mass is 16.6. The SMILES string of the molecule is CC(C)(C)OC(=O)Nc1ccc(C2CCC(N)CC2)cc1. The quantitative estimate of drug-likeness (QED) is 0.864. The standard InChI is InChI=1S/C17H26N2O2/c1-17(2,3)21-16(20)19-15-10-6-13(7-11-15)12-4-8-14(18)9-5-12/h6-7,10-12,14H,4-5,8-9,18H2,1-3H3,(H,19,20). The summed E-state index contributed by atoms with van der Waals surface area (Å²) in [4.78, 5) is 11.7. The van der Waals surface area contributed by atoms with E-state index in [1.54, 1.807) is 0 Å². The second kappa shape index (κ2) is 6.48. The topological polar surface area (TPSA) is 64.3 Å². The number of hydrogen-bond acceptors (Lipinski definition) is 3. The highest BCUT2D eigenvalue weighted by Gasteiger charge is 2.20. The van der Waals surface area contributed by atoms with Crippen LogP contribution in [0.25, 0.3) is 0 Å². The first-order valence-corrected chi connectivity index (χ1v) is 7.69. The molecule has 2 rings (SSSR count). The molecule has 4 heteroatoms. The first-order valence-electron chi connectivity index (χ1n) is 7.69. The molecule has 3 N–H and O–H groups in total. The van der Waals surface area contributed by atoms with Gasteiger partial charge in [-0.2, -0.15) is 0 Å². The molecule has 0 radical (unpaired) electrons. The van der Waals surface area contributed by atoms with Gasteiger partial charge in [0.2, 0.25) is 0 Å². The molecule has 0 unspecified atom stereocenters. The normalized spacial score (nSPS) is 22.7. The molecular formula is C17H26N2O2. The first kappa shape index (κ1) is 15.8. The van der Waals surface area contributed by atoms with E-state index in [4.69, 9.17) is 10.5 Å². The predicted octanol–water partition coefficient (Wildman–Crippen LogP) is 4.02. The Kier molecular flexibility index (Phi) is 4.88. The first-order chi connectivity index (χ1) is 9.83. The van der Waals surface area contributed by atoms with E-state index in [1.807, 2.05) is 32.9 Å². The van der Waals surface area contributed by atoms with Crippen molar-refractivity contribution in [2.45, 2.75) is 64.0 Å². The maximum atomic E-state index is 11.7. The fourth-order valence-corrected chi connectivity index (χ4v) is 2.71. The van der Waals surface area contributed by atoms with Gasteiger partial charge in [-0.15, -0.1) is 0 Å². The molecule has 1 saturated carbocycles. The average molecular weight is 290 g/mol. The lowest BCUT2D eigenvalue weighted by molar-refractivity contribution is 0.0636. The monoisotopic (exact) mass is 290 g/mol. The van der Waals surface area contributed by atoms with Crippen LogP contribution in [-0.4, -0.2) is 17.7 Å². The lowest BCUT2D eigenvalue weighted by Gasteiger charge is -2.26. The van der Waals surface area contributed by atoms with Gasteiger partial charge >= 0.3 is 6.09 Å². The molecule has 0 heterocycles. The largest absolute Gasteiger partial charge is 0.444 e. The van der Waals surface area contributed by atoms with Gasteiger partial charge in [-0.1, -0.05) is 12.1 Å². The molecule has 1 fully saturated rings. The van der Waals surface area contributed by atoms with Gasteiger partial charge in [0.25, 0.3) is 0 Å². The molecule has 1 amide bonds. The van der Waals surface area contributed by atoms with Crippen LogP contribution in [0.3, 0.4) is 0 Å². The Morgan fingerprint density at radius 1 is 1.14 bits per heavy atom. The molecule has 0 bridgehead atoms. The highest BCUT2D eigenvalue weighted by Crippen LogP contribution is 2.32. The van der Waals surface area contributed by atoms with E-state index in [0.717, 1.165) is 31.4 Å². The Balaban J connectivity index is 1.91. The molecule has 1 aliphatic rings. The van der Waals surface area contributed by atoms with Crippen LogP contribution in [0.2, 0.25) is 0 Å². The molecule has 1 aromatic carbocycles. The lowest BCUT2D eigenvalue weighted by Crippen LogP contribution is -2.27. The number of nitrogens with one attached hydrogen (secondary N) is 1. The zero-order chi connectivity index (χ0) is 15.5. The summed E-state index contributed by atoms with van der Waals surface area (Å²) in [5.74, 6) is 0.598. The molecule has 1 aliphatic carbocycles. The molecule has 0 aliphatic heterocycles. The Bertz CT molecular complexity index is 469. The summed E-state index contributed by atoms with van der Waals surface area (Å²) in [7, 11) is 0. The summed E-state index contributed by atoms with van der Waals surface area (Å²) in [6.07, 6.45) is 4.09. The average Bonchev–Trinajstić information content (AvgIpc) is 2.38. The molecule has 0 atom stereocenters. The fourth-order valence-electron chi connectivity index (χ4n) is 2.71. The maximum Gasteiger partial charge on any atom is 0.412 e. The number of carbonyl (C=O) groups is 1. The van der Waals surface area contributed by atoms with Crippen LogP contribution < -0.4 is 11.1 Å². The Hall–Kier alpha value is -1.55. The molecule has 0 aromatic heterocycles. The summed E-state index contributed by atoms with van der Waals surface area (Å²) in [5, 5.41) is 2.75. The van der Waals surface area contributed by atoms with Crippen molar-refractivity contribution in [3.8, 4) is 0 Å². The molecule has 116 valence electrons. The van der Waals surface area contributed by atoms with Crippen molar-refractivity contribution < 1.29 is 9.53 Å². The zero-order valence-electron chi connectivity index (χ0n) is 13.2. The van der Waals surface area contributed by atoms with Gasteiger partial charge in [-0.05, 0) is 70.1 Å². The van der Waals surface area contributed by atoms with E-state index in [1.165, 1.54) is 5.56 Å². The summed E-state index contributed by atoms with van der Waals surface area (Å²) in [6.45, 7) is 5.55. The molecule has 21 heavy (non-hydrogen) atoms. The Morgan fingerprint density at radius 3 is 2.24 bits per heavy atom. The van der Waals surface area contributed by atoms with E-state index in [9.17, 15) is 4.79 Å². The van der Waals surface area contributed by atoms with Gasteiger partial charge < -0.3 is 10.5 Å². The summed E-state index contributed by atoms with van der Waals surface area (Å²) < 4.78 is 5.24. The van der Waals surface area contributed by atoms with Crippen molar-refractivity contribution in [2.75, 3.05) is 5.32 Å². The van der Waals surface area contributed by atoms with Gasteiger partial charge in [-0.3, -0.25) is 5.32 Å². The second-order valence-electron chi connectivity index (χ2n) is 6.86. The molecule has 0 spiro atoms. The van der Waals surface area contributed by atoms with Gasteiger partial charge in [0.1, 0.15) is 5.60 Å². The minimum absolute atomic E-state index is 0.370. The fraction of sp³-hybridized carbons (Fsp3) is 0.588. The number of amides is 1. The van der Waals surface area contributed by atoms with Crippen molar-refractivity contribution >= 4 is 11.8 Å². The van der Waals surface area contributed by atoms with E-state index < -0.39 is 11.7 Å². The van der Waals surface area contributed by atoms with Gasteiger partial charge in [0, 0.05) is 11.7 Å². The van der Waals surface area contributed by atoms with Crippen molar-refractivity contribution in [3.63, 3.8) is 0 Å². The van der Waals surface area contributed by atoms with Crippen molar-refractivity contribution in [2.24, 2.45) is 5.73 Å². The maximum absolute atomic E-state index is 11.7.